The van der Waals surface area contributed by atoms with Gasteiger partial charge in [0.15, 0.2) is 0 Å². The van der Waals surface area contributed by atoms with Gasteiger partial charge in [-0.15, -0.1) is 12.4 Å². The van der Waals surface area contributed by atoms with Gasteiger partial charge in [0.25, 0.3) is 5.91 Å². The van der Waals surface area contributed by atoms with Crippen LogP contribution < -0.4 is 16.4 Å². The summed E-state index contributed by atoms with van der Waals surface area (Å²) >= 11 is 0. The Balaban J connectivity index is 0.00000280. The zero-order chi connectivity index (χ0) is 19.4. The van der Waals surface area contributed by atoms with Gasteiger partial charge in [-0.1, -0.05) is 25.0 Å². The van der Waals surface area contributed by atoms with Gasteiger partial charge in [-0.2, -0.15) is 0 Å². The number of rotatable bonds is 5. The number of halogens is 2. The average molecular weight is 406 g/mol. The van der Waals surface area contributed by atoms with Crippen LogP contribution in [0.15, 0.2) is 48.5 Å². The molecule has 0 spiro atoms. The predicted molar refractivity (Wildman–Crippen MR) is 110 cm³/mol. The molecule has 1 unspecified atom stereocenters. The van der Waals surface area contributed by atoms with Crippen LogP contribution in [0.3, 0.4) is 0 Å². The van der Waals surface area contributed by atoms with Crippen molar-refractivity contribution in [1.29, 1.82) is 0 Å². The summed E-state index contributed by atoms with van der Waals surface area (Å²) in [5.74, 6) is -0.805. The predicted octanol–water partition coefficient (Wildman–Crippen LogP) is 3.95. The molecule has 28 heavy (non-hydrogen) atoms. The van der Waals surface area contributed by atoms with E-state index in [4.69, 9.17) is 5.73 Å². The highest BCUT2D eigenvalue weighted by atomic mass is 35.5. The maximum atomic E-state index is 12.9. The monoisotopic (exact) mass is 405 g/mol. The van der Waals surface area contributed by atoms with Gasteiger partial charge in [-0.25, -0.2) is 4.39 Å². The number of nitrogens with two attached hydrogens (primary N) is 1. The maximum Gasteiger partial charge on any atom is 0.255 e. The van der Waals surface area contributed by atoms with Crippen LogP contribution in [0, 0.1) is 5.82 Å². The second-order valence-corrected chi connectivity index (χ2v) is 7.14. The number of hydrogen-bond donors (Lipinski definition) is 3. The molecule has 2 aromatic carbocycles. The molecular formula is C21H25ClFN3O2. The van der Waals surface area contributed by atoms with Gasteiger partial charge in [0, 0.05) is 11.3 Å². The molecule has 0 radical (unpaired) electrons. The first-order chi connectivity index (χ1) is 12.9. The highest BCUT2D eigenvalue weighted by Crippen LogP contribution is 2.28. The quantitative estimate of drug-likeness (QED) is 0.704. The van der Waals surface area contributed by atoms with Crippen molar-refractivity contribution < 1.29 is 14.0 Å². The van der Waals surface area contributed by atoms with E-state index in [1.165, 1.54) is 24.3 Å². The number of carbonyl (C=O) groups excluding carboxylic acids is 2. The molecule has 3 rings (SSSR count). The largest absolute Gasteiger partial charge is 0.348 e. The summed E-state index contributed by atoms with van der Waals surface area (Å²) in [4.78, 5) is 24.6. The minimum absolute atomic E-state index is 0. The summed E-state index contributed by atoms with van der Waals surface area (Å²) in [5.41, 5.74) is 7.36. The van der Waals surface area contributed by atoms with Crippen LogP contribution in [-0.2, 0) is 4.79 Å². The SMILES string of the molecule is CC(NC(=O)C1(N)CCCC1)c1ccc(NC(=O)c2ccc(F)cc2)cc1.Cl. The fourth-order valence-electron chi connectivity index (χ4n) is 3.32. The lowest BCUT2D eigenvalue weighted by Crippen LogP contribution is -2.52. The third kappa shape index (κ3) is 5.09. The third-order valence-electron chi connectivity index (χ3n) is 5.07. The standard InChI is InChI=1S/C21H24FN3O2.ClH/c1-14(24-20(27)21(23)12-2-3-13-21)15-6-10-18(11-7-15)25-19(26)16-4-8-17(22)9-5-16;/h4-11,14H,2-3,12-13,23H2,1H3,(H,24,27)(H,25,26);1H. The Morgan fingerprint density at radius 2 is 1.61 bits per heavy atom. The van der Waals surface area contributed by atoms with Gasteiger partial charge < -0.3 is 16.4 Å². The Morgan fingerprint density at radius 1 is 1.04 bits per heavy atom. The zero-order valence-electron chi connectivity index (χ0n) is 15.7. The minimum Gasteiger partial charge on any atom is -0.348 e. The van der Waals surface area contributed by atoms with E-state index in [1.807, 2.05) is 19.1 Å². The van der Waals surface area contributed by atoms with E-state index in [2.05, 4.69) is 10.6 Å². The van der Waals surface area contributed by atoms with Crippen LogP contribution >= 0.6 is 12.4 Å². The first-order valence-corrected chi connectivity index (χ1v) is 9.14. The topological polar surface area (TPSA) is 84.2 Å². The molecule has 4 N–H and O–H groups in total. The van der Waals surface area contributed by atoms with Crippen molar-refractivity contribution in [2.24, 2.45) is 5.73 Å². The van der Waals surface area contributed by atoms with E-state index < -0.39 is 5.54 Å². The molecule has 0 aliphatic heterocycles. The van der Waals surface area contributed by atoms with Crippen molar-refractivity contribution in [3.8, 4) is 0 Å². The highest BCUT2D eigenvalue weighted by Gasteiger charge is 2.37. The molecule has 1 aliphatic carbocycles. The smallest absolute Gasteiger partial charge is 0.255 e. The van der Waals surface area contributed by atoms with E-state index in [0.717, 1.165) is 31.2 Å². The van der Waals surface area contributed by atoms with Crippen LogP contribution in [0.2, 0.25) is 0 Å². The van der Waals surface area contributed by atoms with Crippen LogP contribution in [0.25, 0.3) is 0 Å². The minimum atomic E-state index is -0.753. The van der Waals surface area contributed by atoms with Crippen molar-refractivity contribution in [3.63, 3.8) is 0 Å². The number of anilines is 1. The van der Waals surface area contributed by atoms with Gasteiger partial charge in [-0.05, 0) is 61.7 Å². The normalized spacial score (nSPS) is 16.0. The first-order valence-electron chi connectivity index (χ1n) is 9.14. The van der Waals surface area contributed by atoms with Crippen molar-refractivity contribution in [2.45, 2.75) is 44.2 Å². The third-order valence-corrected chi connectivity index (χ3v) is 5.07. The van der Waals surface area contributed by atoms with Crippen molar-refractivity contribution in [2.75, 3.05) is 5.32 Å². The molecular weight excluding hydrogens is 381 g/mol. The van der Waals surface area contributed by atoms with E-state index in [0.29, 0.717) is 11.3 Å². The zero-order valence-corrected chi connectivity index (χ0v) is 16.5. The molecule has 7 heteroatoms. The Labute approximate surface area is 170 Å². The Morgan fingerprint density at radius 3 is 2.18 bits per heavy atom. The number of carbonyl (C=O) groups is 2. The fraction of sp³-hybridized carbons (Fsp3) is 0.333. The molecule has 150 valence electrons. The van der Waals surface area contributed by atoms with Crippen LogP contribution in [0.4, 0.5) is 10.1 Å². The lowest BCUT2D eigenvalue weighted by atomic mass is 9.97. The lowest BCUT2D eigenvalue weighted by Gasteiger charge is -2.25. The number of hydrogen-bond acceptors (Lipinski definition) is 3. The molecule has 1 aliphatic rings. The number of nitrogens with one attached hydrogen (secondary N) is 2. The van der Waals surface area contributed by atoms with Crippen molar-refractivity contribution in [3.05, 3.63) is 65.5 Å². The summed E-state index contributed by atoms with van der Waals surface area (Å²) in [6, 6.07) is 12.4. The van der Waals surface area contributed by atoms with E-state index >= 15 is 0 Å². The molecule has 1 saturated carbocycles. The Hall–Kier alpha value is -2.44. The number of amides is 2. The van der Waals surface area contributed by atoms with E-state index in [9.17, 15) is 14.0 Å². The Kier molecular flexibility index (Phi) is 7.16. The van der Waals surface area contributed by atoms with Gasteiger partial charge in [0.2, 0.25) is 5.91 Å². The van der Waals surface area contributed by atoms with E-state index in [-0.39, 0.29) is 36.1 Å². The van der Waals surface area contributed by atoms with Gasteiger partial charge in [0.05, 0.1) is 11.6 Å². The molecule has 0 aromatic heterocycles. The van der Waals surface area contributed by atoms with Gasteiger partial charge in [0.1, 0.15) is 5.82 Å². The molecule has 5 nitrogen and oxygen atoms in total. The molecule has 0 heterocycles. The summed E-state index contributed by atoms with van der Waals surface area (Å²) in [6.07, 6.45) is 3.42. The van der Waals surface area contributed by atoms with E-state index in [1.54, 1.807) is 12.1 Å². The van der Waals surface area contributed by atoms with Crippen LogP contribution in [0.1, 0.15) is 54.6 Å². The summed E-state index contributed by atoms with van der Waals surface area (Å²) < 4.78 is 12.9. The lowest BCUT2D eigenvalue weighted by molar-refractivity contribution is -0.126. The highest BCUT2D eigenvalue weighted by molar-refractivity contribution is 6.04. The van der Waals surface area contributed by atoms with Crippen LogP contribution in [-0.4, -0.2) is 17.4 Å². The molecule has 1 fully saturated rings. The molecule has 0 bridgehead atoms. The summed E-state index contributed by atoms with van der Waals surface area (Å²) in [5, 5.41) is 5.75. The molecule has 1 atom stereocenters. The molecule has 0 saturated heterocycles. The maximum absolute atomic E-state index is 12.9. The van der Waals surface area contributed by atoms with Crippen LogP contribution in [0.5, 0.6) is 0 Å². The Bertz CT molecular complexity index is 819. The van der Waals surface area contributed by atoms with Gasteiger partial charge in [-0.3, -0.25) is 9.59 Å². The van der Waals surface area contributed by atoms with Gasteiger partial charge >= 0.3 is 0 Å². The summed E-state index contributed by atoms with van der Waals surface area (Å²) in [7, 11) is 0. The fourth-order valence-corrected chi connectivity index (χ4v) is 3.32. The molecule has 2 aromatic rings. The second kappa shape index (κ2) is 9.17. The molecule has 2 amide bonds. The second-order valence-electron chi connectivity index (χ2n) is 7.14. The van der Waals surface area contributed by atoms with Crippen molar-refractivity contribution in [1.82, 2.24) is 5.32 Å². The first kappa shape index (κ1) is 21.9. The average Bonchev–Trinajstić information content (AvgIpc) is 3.11. The van der Waals surface area contributed by atoms with Crippen molar-refractivity contribution >= 4 is 29.9 Å². The number of benzene rings is 2. The summed E-state index contributed by atoms with van der Waals surface area (Å²) in [6.45, 7) is 1.91.